The van der Waals surface area contributed by atoms with E-state index in [-0.39, 0.29) is 5.78 Å². The van der Waals surface area contributed by atoms with Crippen molar-refractivity contribution in [3.05, 3.63) is 58.7 Å². The number of alkyl halides is 2. The maximum absolute atomic E-state index is 13.2. The fraction of sp³-hybridized carbons (Fsp3) is 0.346. The molecule has 33 heavy (non-hydrogen) atoms. The second kappa shape index (κ2) is 12.8. The number of ketones is 1. The second-order valence-corrected chi connectivity index (χ2v) is 9.00. The minimum Gasteiger partial charge on any atom is -0.493 e. The van der Waals surface area contributed by atoms with E-state index in [4.69, 9.17) is 18.9 Å². The van der Waals surface area contributed by atoms with Crippen LogP contribution in [0.2, 0.25) is 0 Å². The minimum atomic E-state index is 0.0819. The van der Waals surface area contributed by atoms with Crippen LogP contribution in [0.4, 0.5) is 0 Å². The molecule has 1 aliphatic rings. The van der Waals surface area contributed by atoms with E-state index in [2.05, 4.69) is 31.9 Å². The molecule has 0 radical (unpaired) electrons. The number of allylic oxidation sites excluding steroid dienone is 2. The molecule has 176 valence electrons. The molecule has 0 aromatic heterocycles. The van der Waals surface area contributed by atoms with Gasteiger partial charge in [0.1, 0.15) is 0 Å². The smallest absolute Gasteiger partial charge is 0.185 e. The first-order valence-corrected chi connectivity index (χ1v) is 13.0. The van der Waals surface area contributed by atoms with Gasteiger partial charge in [0.05, 0.1) is 27.4 Å². The van der Waals surface area contributed by atoms with Gasteiger partial charge in [0.15, 0.2) is 28.8 Å². The predicted molar refractivity (Wildman–Crippen MR) is 139 cm³/mol. The summed E-state index contributed by atoms with van der Waals surface area (Å²) in [5, 5.41) is 1.48. The highest BCUT2D eigenvalue weighted by atomic mass is 79.9. The molecule has 0 N–H and O–H groups in total. The molecule has 1 aliphatic carbocycles. The highest BCUT2D eigenvalue weighted by Gasteiger charge is 2.21. The Labute approximate surface area is 212 Å². The summed E-state index contributed by atoms with van der Waals surface area (Å²) in [6.07, 6.45) is 6.33. The fourth-order valence-electron chi connectivity index (χ4n) is 3.66. The van der Waals surface area contributed by atoms with E-state index in [1.807, 2.05) is 48.6 Å². The predicted octanol–water partition coefficient (Wildman–Crippen LogP) is 6.47. The quantitative estimate of drug-likeness (QED) is 0.238. The van der Waals surface area contributed by atoms with E-state index in [1.165, 1.54) is 0 Å². The summed E-state index contributed by atoms with van der Waals surface area (Å²) in [7, 11) is 3.23. The zero-order valence-electron chi connectivity index (χ0n) is 18.9. The van der Waals surface area contributed by atoms with Gasteiger partial charge in [0.25, 0.3) is 0 Å². The van der Waals surface area contributed by atoms with Gasteiger partial charge in [0, 0.05) is 21.8 Å². The van der Waals surface area contributed by atoms with Crippen molar-refractivity contribution in [2.75, 3.05) is 38.1 Å². The van der Waals surface area contributed by atoms with Crippen molar-refractivity contribution in [1.29, 1.82) is 0 Å². The summed E-state index contributed by atoms with van der Waals surface area (Å²) in [6, 6.07) is 11.4. The van der Waals surface area contributed by atoms with Crippen LogP contribution in [0.15, 0.2) is 47.5 Å². The lowest BCUT2D eigenvalue weighted by Gasteiger charge is -2.17. The average molecular weight is 580 g/mol. The number of halogens is 2. The Balaban J connectivity index is 1.82. The number of carbonyl (C=O) groups excluding carboxylic acids is 1. The van der Waals surface area contributed by atoms with Gasteiger partial charge >= 0.3 is 0 Å². The number of benzene rings is 2. The highest BCUT2D eigenvalue weighted by molar-refractivity contribution is 9.09. The number of carbonyl (C=O) groups is 1. The van der Waals surface area contributed by atoms with Crippen molar-refractivity contribution in [3.8, 4) is 23.0 Å². The molecule has 0 aliphatic heterocycles. The zero-order chi connectivity index (χ0) is 23.6. The van der Waals surface area contributed by atoms with Gasteiger partial charge in [-0.25, -0.2) is 0 Å². The molecule has 2 aromatic carbocycles. The number of rotatable bonds is 10. The van der Waals surface area contributed by atoms with Crippen LogP contribution in [0.5, 0.6) is 23.0 Å². The Hall–Kier alpha value is -2.25. The van der Waals surface area contributed by atoms with Gasteiger partial charge in [0.2, 0.25) is 0 Å². The van der Waals surface area contributed by atoms with Crippen LogP contribution in [0.25, 0.3) is 12.2 Å². The lowest BCUT2D eigenvalue weighted by atomic mass is 9.87. The van der Waals surface area contributed by atoms with Gasteiger partial charge < -0.3 is 18.9 Å². The van der Waals surface area contributed by atoms with Gasteiger partial charge in [-0.1, -0.05) is 44.0 Å². The highest BCUT2D eigenvalue weighted by Crippen LogP contribution is 2.33. The number of hydrogen-bond donors (Lipinski definition) is 0. The molecule has 3 rings (SSSR count). The van der Waals surface area contributed by atoms with E-state index in [0.717, 1.165) is 52.2 Å². The first-order chi connectivity index (χ1) is 16.1. The maximum Gasteiger partial charge on any atom is 0.185 e. The summed E-state index contributed by atoms with van der Waals surface area (Å²) in [6.45, 7) is 1.11. The summed E-state index contributed by atoms with van der Waals surface area (Å²) in [4.78, 5) is 13.2. The van der Waals surface area contributed by atoms with E-state index in [1.54, 1.807) is 14.2 Å². The van der Waals surface area contributed by atoms with Crippen LogP contribution in [0.1, 0.15) is 30.4 Å². The average Bonchev–Trinajstić information content (AvgIpc) is 2.84. The first kappa shape index (κ1) is 25.4. The van der Waals surface area contributed by atoms with E-state index in [9.17, 15) is 4.79 Å². The van der Waals surface area contributed by atoms with Crippen molar-refractivity contribution in [1.82, 2.24) is 0 Å². The Morgan fingerprint density at radius 2 is 1.21 bits per heavy atom. The van der Waals surface area contributed by atoms with Crippen LogP contribution in [-0.2, 0) is 4.79 Å². The third-order valence-electron chi connectivity index (χ3n) is 5.20. The lowest BCUT2D eigenvalue weighted by molar-refractivity contribution is -0.112. The van der Waals surface area contributed by atoms with Crippen LogP contribution >= 0.6 is 31.9 Å². The normalized spacial score (nSPS) is 16.2. The SMILES string of the molecule is COc1cc(/C=C2\CCC/C(=C\c3ccc(OCCBr)c(OC)c3)C2=O)ccc1OCCBr. The van der Waals surface area contributed by atoms with Crippen LogP contribution < -0.4 is 18.9 Å². The number of Topliss-reactive ketones (excluding diaryl/α,β-unsaturated/α-hetero) is 1. The maximum atomic E-state index is 13.2. The van der Waals surface area contributed by atoms with Crippen LogP contribution in [-0.4, -0.2) is 43.9 Å². The molecule has 0 heterocycles. The molecular formula is C26H28Br2O5. The third-order valence-corrected chi connectivity index (χ3v) is 5.85. The Bertz CT molecular complexity index is 950. The molecule has 0 unspecified atom stereocenters. The van der Waals surface area contributed by atoms with Gasteiger partial charge in [-0.3, -0.25) is 4.79 Å². The van der Waals surface area contributed by atoms with Crippen molar-refractivity contribution >= 4 is 49.8 Å². The van der Waals surface area contributed by atoms with Crippen molar-refractivity contribution in [3.63, 3.8) is 0 Å². The Morgan fingerprint density at radius 1 is 0.758 bits per heavy atom. The van der Waals surface area contributed by atoms with Crippen LogP contribution in [0, 0.1) is 0 Å². The number of methoxy groups -OCH3 is 2. The molecule has 5 nitrogen and oxygen atoms in total. The molecule has 0 bridgehead atoms. The summed E-state index contributed by atoms with van der Waals surface area (Å²) in [5.41, 5.74) is 3.43. The summed E-state index contributed by atoms with van der Waals surface area (Å²) in [5.74, 6) is 2.76. The zero-order valence-corrected chi connectivity index (χ0v) is 22.0. The molecule has 0 atom stereocenters. The molecule has 0 amide bonds. The molecule has 0 saturated heterocycles. The summed E-state index contributed by atoms with van der Waals surface area (Å²) < 4.78 is 22.3. The molecular weight excluding hydrogens is 552 g/mol. The minimum absolute atomic E-state index is 0.0819. The van der Waals surface area contributed by atoms with Gasteiger partial charge in [-0.2, -0.15) is 0 Å². The van der Waals surface area contributed by atoms with Crippen molar-refractivity contribution in [2.24, 2.45) is 0 Å². The fourth-order valence-corrected chi connectivity index (χ4v) is 3.99. The monoisotopic (exact) mass is 578 g/mol. The summed E-state index contributed by atoms with van der Waals surface area (Å²) >= 11 is 6.72. The van der Waals surface area contributed by atoms with E-state index >= 15 is 0 Å². The largest absolute Gasteiger partial charge is 0.493 e. The molecule has 2 aromatic rings. The topological polar surface area (TPSA) is 54.0 Å². The van der Waals surface area contributed by atoms with Crippen molar-refractivity contribution < 1.29 is 23.7 Å². The molecule has 1 saturated carbocycles. The second-order valence-electron chi connectivity index (χ2n) is 7.42. The van der Waals surface area contributed by atoms with E-state index in [0.29, 0.717) is 36.2 Å². The van der Waals surface area contributed by atoms with Crippen LogP contribution in [0.3, 0.4) is 0 Å². The Morgan fingerprint density at radius 3 is 1.61 bits per heavy atom. The number of ether oxygens (including phenoxy) is 4. The van der Waals surface area contributed by atoms with Gasteiger partial charge in [-0.15, -0.1) is 0 Å². The molecule has 7 heteroatoms. The lowest BCUT2D eigenvalue weighted by Crippen LogP contribution is -2.12. The molecule has 1 fully saturated rings. The van der Waals surface area contributed by atoms with E-state index < -0.39 is 0 Å². The van der Waals surface area contributed by atoms with Gasteiger partial charge in [-0.05, 0) is 66.8 Å². The van der Waals surface area contributed by atoms with Crippen molar-refractivity contribution in [2.45, 2.75) is 19.3 Å². The first-order valence-electron chi connectivity index (χ1n) is 10.8. The standard InChI is InChI=1S/C26H28Br2O5/c1-30-24-16-18(6-8-22(24)32-12-10-27)14-20-4-3-5-21(26(20)29)15-19-7-9-23(33-13-11-28)25(17-19)31-2/h6-9,14-17H,3-5,10-13H2,1-2H3/b20-14+,21-15+. The third kappa shape index (κ3) is 6.87. The molecule has 0 spiro atoms. The Kier molecular flexibility index (Phi) is 9.88. The number of hydrogen-bond acceptors (Lipinski definition) is 5.